The van der Waals surface area contributed by atoms with Gasteiger partial charge in [-0.05, 0) is 15.9 Å². The van der Waals surface area contributed by atoms with E-state index in [2.05, 4.69) is 20.7 Å². The lowest BCUT2D eigenvalue weighted by Gasteiger charge is -2.19. The second kappa shape index (κ2) is 4.69. The molecule has 1 aromatic carbocycles. The molecule has 0 heterocycles. The highest BCUT2D eigenvalue weighted by Gasteiger charge is 2.42. The van der Waals surface area contributed by atoms with E-state index < -0.39 is 29.3 Å². The number of phenols is 1. The maximum absolute atomic E-state index is 13.5. The molecule has 1 atom stereocenters. The molecule has 0 spiro atoms. The van der Waals surface area contributed by atoms with Crippen LogP contribution < -0.4 is 10.5 Å². The van der Waals surface area contributed by atoms with Gasteiger partial charge in [0.15, 0.2) is 11.5 Å². The average Bonchev–Trinajstić information content (AvgIpc) is 2.22. The van der Waals surface area contributed by atoms with Gasteiger partial charge in [0.2, 0.25) is 0 Å². The minimum Gasteiger partial charge on any atom is -0.504 e. The first kappa shape index (κ1) is 14.0. The Hall–Kier alpha value is -1.02. The topological polar surface area (TPSA) is 55.5 Å². The van der Waals surface area contributed by atoms with Gasteiger partial charge in [0.05, 0.1) is 17.1 Å². The van der Waals surface area contributed by atoms with E-state index in [4.69, 9.17) is 5.73 Å². The fraction of sp³-hybridized carbons (Fsp3) is 0.333. The van der Waals surface area contributed by atoms with E-state index in [0.717, 1.165) is 13.2 Å². The van der Waals surface area contributed by atoms with Crippen LogP contribution in [0.2, 0.25) is 0 Å². The Bertz CT molecular complexity index is 436. The van der Waals surface area contributed by atoms with Gasteiger partial charge in [0, 0.05) is 6.07 Å². The van der Waals surface area contributed by atoms with Gasteiger partial charge >= 0.3 is 6.18 Å². The van der Waals surface area contributed by atoms with E-state index in [0.29, 0.717) is 0 Å². The Kier molecular flexibility index (Phi) is 3.88. The summed E-state index contributed by atoms with van der Waals surface area (Å²) >= 11 is 2.72. The number of methoxy groups -OCH3 is 1. The van der Waals surface area contributed by atoms with Gasteiger partial charge in [-0.2, -0.15) is 13.2 Å². The predicted octanol–water partition coefficient (Wildman–Crippen LogP) is 2.86. The zero-order valence-electron chi connectivity index (χ0n) is 8.48. The molecule has 0 aliphatic carbocycles. The molecular formula is C9H8BrF4NO2. The van der Waals surface area contributed by atoms with Crippen LogP contribution in [0, 0.1) is 5.82 Å². The van der Waals surface area contributed by atoms with Gasteiger partial charge in [-0.1, -0.05) is 0 Å². The van der Waals surface area contributed by atoms with Crippen LogP contribution in [0.5, 0.6) is 11.5 Å². The molecule has 3 N–H and O–H groups in total. The predicted molar refractivity (Wildman–Crippen MR) is 55.3 cm³/mol. The van der Waals surface area contributed by atoms with E-state index in [-0.39, 0.29) is 10.2 Å². The normalized spacial score (nSPS) is 13.6. The summed E-state index contributed by atoms with van der Waals surface area (Å²) in [5.74, 6) is -2.53. The molecule has 0 aliphatic heterocycles. The lowest BCUT2D eigenvalue weighted by atomic mass is 10.0. The third-order valence-corrected chi connectivity index (χ3v) is 2.65. The summed E-state index contributed by atoms with van der Waals surface area (Å²) in [5.41, 5.74) is 3.81. The molecular weight excluding hydrogens is 310 g/mol. The molecule has 0 amide bonds. The number of hydrogen-bond donors (Lipinski definition) is 2. The first-order valence-electron chi connectivity index (χ1n) is 4.27. The highest BCUT2D eigenvalue weighted by molar-refractivity contribution is 9.10. The first-order valence-corrected chi connectivity index (χ1v) is 5.06. The highest BCUT2D eigenvalue weighted by atomic mass is 79.9. The second-order valence-electron chi connectivity index (χ2n) is 3.16. The summed E-state index contributed by atoms with van der Waals surface area (Å²) < 4.78 is 55.1. The van der Waals surface area contributed by atoms with Crippen LogP contribution in [0.15, 0.2) is 10.5 Å². The van der Waals surface area contributed by atoms with Crippen LogP contribution in [-0.4, -0.2) is 18.4 Å². The van der Waals surface area contributed by atoms with Crippen molar-refractivity contribution < 1.29 is 27.4 Å². The maximum atomic E-state index is 13.5. The van der Waals surface area contributed by atoms with Crippen LogP contribution >= 0.6 is 15.9 Å². The van der Waals surface area contributed by atoms with E-state index in [1.165, 1.54) is 0 Å². The standard InChI is InChI=1S/C9H8BrF4NO2/c1-17-4-2-3(10)6(11)5(7(4)16)8(15)9(12,13)14/h2,8,16H,15H2,1H3/t8-/m0/s1. The molecule has 0 aromatic heterocycles. The number of aromatic hydroxyl groups is 1. The van der Waals surface area contributed by atoms with Crippen LogP contribution in [0.1, 0.15) is 11.6 Å². The fourth-order valence-electron chi connectivity index (χ4n) is 1.22. The Morgan fingerprint density at radius 2 is 2.00 bits per heavy atom. The molecule has 3 nitrogen and oxygen atoms in total. The summed E-state index contributed by atoms with van der Waals surface area (Å²) in [4.78, 5) is 0. The molecule has 0 bridgehead atoms. The number of nitrogens with two attached hydrogens (primary N) is 1. The number of hydrogen-bond acceptors (Lipinski definition) is 3. The minimum atomic E-state index is -4.87. The van der Waals surface area contributed by atoms with Crippen molar-refractivity contribution in [1.29, 1.82) is 0 Å². The van der Waals surface area contributed by atoms with Crippen LogP contribution in [0.25, 0.3) is 0 Å². The van der Waals surface area contributed by atoms with Crippen molar-refractivity contribution in [2.24, 2.45) is 5.73 Å². The van der Waals surface area contributed by atoms with E-state index in [1.54, 1.807) is 0 Å². The quantitative estimate of drug-likeness (QED) is 0.825. The van der Waals surface area contributed by atoms with Crippen LogP contribution in [0.3, 0.4) is 0 Å². The number of alkyl halides is 3. The molecule has 17 heavy (non-hydrogen) atoms. The van der Waals surface area contributed by atoms with E-state index in [1.807, 2.05) is 0 Å². The van der Waals surface area contributed by atoms with Gasteiger partial charge in [0.1, 0.15) is 11.9 Å². The molecule has 8 heteroatoms. The lowest BCUT2D eigenvalue weighted by Crippen LogP contribution is -2.29. The zero-order valence-corrected chi connectivity index (χ0v) is 10.1. The van der Waals surface area contributed by atoms with Gasteiger partial charge < -0.3 is 15.6 Å². The number of rotatable bonds is 2. The second-order valence-corrected chi connectivity index (χ2v) is 4.01. The van der Waals surface area contributed by atoms with Crippen molar-refractivity contribution in [3.05, 3.63) is 21.9 Å². The van der Waals surface area contributed by atoms with Gasteiger partial charge in [-0.3, -0.25) is 0 Å². The lowest BCUT2D eigenvalue weighted by molar-refractivity contribution is -0.150. The number of benzene rings is 1. The van der Waals surface area contributed by atoms with E-state index >= 15 is 0 Å². The minimum absolute atomic E-state index is 0.276. The Balaban J connectivity index is 3.46. The highest BCUT2D eigenvalue weighted by Crippen LogP contribution is 2.43. The molecule has 0 aliphatic rings. The summed E-state index contributed by atoms with van der Waals surface area (Å²) in [6.07, 6.45) is -4.87. The summed E-state index contributed by atoms with van der Waals surface area (Å²) in [5, 5.41) is 9.46. The van der Waals surface area contributed by atoms with Crippen molar-refractivity contribution in [3.63, 3.8) is 0 Å². The van der Waals surface area contributed by atoms with Crippen molar-refractivity contribution in [3.8, 4) is 11.5 Å². The molecule has 0 unspecified atom stereocenters. The SMILES string of the molecule is COc1cc(Br)c(F)c([C@H](N)C(F)(F)F)c1O. The molecule has 1 rings (SSSR count). The number of ether oxygens (including phenoxy) is 1. The number of phenolic OH excluding ortho intramolecular Hbond substituents is 1. The third-order valence-electron chi connectivity index (χ3n) is 2.08. The Labute approximate surface area is 102 Å². The summed E-state index contributed by atoms with van der Waals surface area (Å²) in [6, 6.07) is -1.62. The Morgan fingerprint density at radius 3 is 2.41 bits per heavy atom. The summed E-state index contributed by atoms with van der Waals surface area (Å²) in [6.45, 7) is 0. The zero-order chi connectivity index (χ0) is 13.4. The van der Waals surface area contributed by atoms with Gasteiger partial charge in [-0.25, -0.2) is 4.39 Å². The Morgan fingerprint density at radius 1 is 1.47 bits per heavy atom. The molecule has 1 aromatic rings. The largest absolute Gasteiger partial charge is 0.504 e. The van der Waals surface area contributed by atoms with Crippen molar-refractivity contribution in [1.82, 2.24) is 0 Å². The molecule has 0 saturated carbocycles. The molecule has 0 radical (unpaired) electrons. The van der Waals surface area contributed by atoms with Crippen molar-refractivity contribution >= 4 is 15.9 Å². The average molecular weight is 318 g/mol. The maximum Gasteiger partial charge on any atom is 0.407 e. The van der Waals surface area contributed by atoms with Gasteiger partial charge in [0.25, 0.3) is 0 Å². The summed E-state index contributed by atoms with van der Waals surface area (Å²) in [7, 11) is 1.13. The monoisotopic (exact) mass is 317 g/mol. The van der Waals surface area contributed by atoms with Crippen LogP contribution in [0.4, 0.5) is 17.6 Å². The smallest absolute Gasteiger partial charge is 0.407 e. The van der Waals surface area contributed by atoms with Gasteiger partial charge in [-0.15, -0.1) is 0 Å². The van der Waals surface area contributed by atoms with E-state index in [9.17, 15) is 22.7 Å². The van der Waals surface area contributed by atoms with Crippen LogP contribution in [-0.2, 0) is 0 Å². The molecule has 0 saturated heterocycles. The van der Waals surface area contributed by atoms with Crippen molar-refractivity contribution in [2.45, 2.75) is 12.2 Å². The molecule has 96 valence electrons. The fourth-order valence-corrected chi connectivity index (χ4v) is 1.64. The first-order chi connectivity index (χ1) is 7.70. The number of halogens is 5. The third kappa shape index (κ3) is 2.63. The molecule has 0 fully saturated rings. The van der Waals surface area contributed by atoms with Crippen molar-refractivity contribution in [2.75, 3.05) is 7.11 Å².